The molecular weight excluding hydrogens is 358 g/mol. The van der Waals surface area contributed by atoms with Gasteiger partial charge in [0.05, 0.1) is 13.7 Å². The second-order valence-electron chi connectivity index (χ2n) is 6.21. The molecule has 1 amide bonds. The van der Waals surface area contributed by atoms with Crippen LogP contribution in [0.1, 0.15) is 12.5 Å². The number of ether oxygens (including phenoxy) is 2. The number of methoxy groups -OCH3 is 1. The van der Waals surface area contributed by atoms with Gasteiger partial charge in [0, 0.05) is 11.3 Å². The molecule has 0 radical (unpaired) electrons. The molecule has 1 fully saturated rings. The van der Waals surface area contributed by atoms with E-state index < -0.39 is 29.9 Å². The summed E-state index contributed by atoms with van der Waals surface area (Å²) in [7, 11) is 1.55. The maximum Gasteiger partial charge on any atom is 0.315 e. The molecular formula is C22H21NO5. The Morgan fingerprint density at radius 3 is 2.43 bits per heavy atom. The lowest BCUT2D eigenvalue weighted by atomic mass is 9.98. The summed E-state index contributed by atoms with van der Waals surface area (Å²) in [6.07, 6.45) is -1.52. The van der Waals surface area contributed by atoms with Crippen molar-refractivity contribution in [2.45, 2.75) is 19.1 Å². The number of aliphatic hydroxyl groups excluding tert-OH is 1. The predicted octanol–water partition coefficient (Wildman–Crippen LogP) is 2.00. The van der Waals surface area contributed by atoms with Crippen molar-refractivity contribution < 1.29 is 24.2 Å². The van der Waals surface area contributed by atoms with Crippen LogP contribution in [-0.2, 0) is 14.3 Å². The standard InChI is InChI=1S/C22H21NO5/c1-3-28-22(26)19-18(14-9-15-7-5-4-6-8-15)23(21(25)20(19)24)16-10-12-17(27-2)13-11-16/h4-8,10-13,18-20,24H,3H2,1-2H3/t18-,19-,20+/m1/s1. The van der Waals surface area contributed by atoms with Crippen molar-refractivity contribution in [3.05, 3.63) is 60.2 Å². The minimum Gasteiger partial charge on any atom is -0.497 e. The molecule has 1 heterocycles. The van der Waals surface area contributed by atoms with E-state index in [9.17, 15) is 14.7 Å². The number of hydrogen-bond acceptors (Lipinski definition) is 5. The molecule has 28 heavy (non-hydrogen) atoms. The molecule has 6 heteroatoms. The maximum absolute atomic E-state index is 12.8. The lowest BCUT2D eigenvalue weighted by Gasteiger charge is -2.23. The van der Waals surface area contributed by atoms with Gasteiger partial charge in [-0.1, -0.05) is 30.0 Å². The van der Waals surface area contributed by atoms with Gasteiger partial charge in [0.25, 0.3) is 5.91 Å². The van der Waals surface area contributed by atoms with Gasteiger partial charge in [-0.3, -0.25) is 14.5 Å². The molecule has 0 spiro atoms. The molecule has 0 bridgehead atoms. The summed E-state index contributed by atoms with van der Waals surface area (Å²) < 4.78 is 10.2. The van der Waals surface area contributed by atoms with Crippen LogP contribution in [0.5, 0.6) is 5.75 Å². The van der Waals surface area contributed by atoms with Crippen LogP contribution in [0.25, 0.3) is 0 Å². The van der Waals surface area contributed by atoms with Gasteiger partial charge in [0.1, 0.15) is 23.8 Å². The quantitative estimate of drug-likeness (QED) is 0.650. The molecule has 0 aromatic heterocycles. The Labute approximate surface area is 163 Å². The average molecular weight is 379 g/mol. The zero-order chi connectivity index (χ0) is 20.1. The van der Waals surface area contributed by atoms with Crippen molar-refractivity contribution in [2.75, 3.05) is 18.6 Å². The number of benzene rings is 2. The third-order valence-electron chi connectivity index (χ3n) is 4.50. The molecule has 2 aromatic rings. The minimum atomic E-state index is -1.52. The minimum absolute atomic E-state index is 0.150. The van der Waals surface area contributed by atoms with Gasteiger partial charge in [-0.05, 0) is 43.3 Å². The van der Waals surface area contributed by atoms with Crippen LogP contribution in [0, 0.1) is 17.8 Å². The Morgan fingerprint density at radius 2 is 1.82 bits per heavy atom. The van der Waals surface area contributed by atoms with Crippen LogP contribution in [-0.4, -0.2) is 42.8 Å². The van der Waals surface area contributed by atoms with Crippen molar-refractivity contribution in [2.24, 2.45) is 5.92 Å². The smallest absolute Gasteiger partial charge is 0.315 e. The van der Waals surface area contributed by atoms with E-state index in [4.69, 9.17) is 9.47 Å². The van der Waals surface area contributed by atoms with Gasteiger partial charge < -0.3 is 14.6 Å². The molecule has 3 rings (SSSR count). The zero-order valence-electron chi connectivity index (χ0n) is 15.7. The molecule has 6 nitrogen and oxygen atoms in total. The highest BCUT2D eigenvalue weighted by molar-refractivity contribution is 6.04. The lowest BCUT2D eigenvalue weighted by molar-refractivity contribution is -0.152. The number of hydrogen-bond donors (Lipinski definition) is 1. The van der Waals surface area contributed by atoms with Gasteiger partial charge in [-0.15, -0.1) is 0 Å². The van der Waals surface area contributed by atoms with Crippen molar-refractivity contribution in [1.82, 2.24) is 0 Å². The van der Waals surface area contributed by atoms with E-state index in [0.717, 1.165) is 5.56 Å². The number of rotatable bonds is 4. The first-order chi connectivity index (χ1) is 13.6. The molecule has 1 N–H and O–H groups in total. The normalized spacial score (nSPS) is 21.0. The molecule has 0 aliphatic carbocycles. The third kappa shape index (κ3) is 3.85. The Kier molecular flexibility index (Phi) is 5.97. The number of anilines is 1. The van der Waals surface area contributed by atoms with Gasteiger partial charge >= 0.3 is 5.97 Å². The van der Waals surface area contributed by atoms with Crippen LogP contribution in [0.15, 0.2) is 54.6 Å². The zero-order valence-corrected chi connectivity index (χ0v) is 15.7. The van der Waals surface area contributed by atoms with Crippen LogP contribution < -0.4 is 9.64 Å². The molecule has 1 saturated heterocycles. The first-order valence-corrected chi connectivity index (χ1v) is 8.95. The molecule has 0 unspecified atom stereocenters. The second-order valence-corrected chi connectivity index (χ2v) is 6.21. The first kappa shape index (κ1) is 19.5. The maximum atomic E-state index is 12.8. The number of carbonyl (C=O) groups excluding carboxylic acids is 2. The van der Waals surface area contributed by atoms with E-state index in [0.29, 0.717) is 11.4 Å². The Morgan fingerprint density at radius 1 is 1.14 bits per heavy atom. The summed E-state index contributed by atoms with van der Waals surface area (Å²) in [5.41, 5.74) is 1.26. The summed E-state index contributed by atoms with van der Waals surface area (Å²) in [6, 6.07) is 15.2. The number of nitrogens with zero attached hydrogens (tertiary/aromatic N) is 1. The fourth-order valence-corrected chi connectivity index (χ4v) is 3.13. The van der Waals surface area contributed by atoms with Gasteiger partial charge in [-0.2, -0.15) is 0 Å². The molecule has 144 valence electrons. The molecule has 1 aliphatic heterocycles. The molecule has 0 saturated carbocycles. The van der Waals surface area contributed by atoms with E-state index in [1.807, 2.05) is 30.3 Å². The summed E-state index contributed by atoms with van der Waals surface area (Å²) in [6.45, 7) is 1.82. The van der Waals surface area contributed by atoms with Gasteiger partial charge in [0.2, 0.25) is 0 Å². The number of amides is 1. The van der Waals surface area contributed by atoms with Crippen molar-refractivity contribution >= 4 is 17.6 Å². The SMILES string of the molecule is CCOC(=O)[C@H]1[C@H](O)C(=O)N(c2ccc(OC)cc2)[C@@H]1C#Cc1ccccc1. The number of carbonyl (C=O) groups is 2. The highest BCUT2D eigenvalue weighted by atomic mass is 16.5. The van der Waals surface area contributed by atoms with E-state index in [1.165, 1.54) is 4.90 Å². The summed E-state index contributed by atoms with van der Waals surface area (Å²) in [5.74, 6) is 4.28. The lowest BCUT2D eigenvalue weighted by Crippen LogP contribution is -2.37. The Hall–Kier alpha value is -3.30. The van der Waals surface area contributed by atoms with Crippen LogP contribution >= 0.6 is 0 Å². The monoisotopic (exact) mass is 379 g/mol. The average Bonchev–Trinajstić information content (AvgIpc) is 2.97. The Bertz CT molecular complexity index is 898. The van der Waals surface area contributed by atoms with E-state index in [-0.39, 0.29) is 6.61 Å². The molecule has 2 aromatic carbocycles. The van der Waals surface area contributed by atoms with E-state index >= 15 is 0 Å². The topological polar surface area (TPSA) is 76.1 Å². The van der Waals surface area contributed by atoms with Crippen LogP contribution in [0.4, 0.5) is 5.69 Å². The largest absolute Gasteiger partial charge is 0.497 e. The predicted molar refractivity (Wildman–Crippen MR) is 104 cm³/mol. The Balaban J connectivity index is 2.03. The van der Waals surface area contributed by atoms with Gasteiger partial charge in [-0.25, -0.2) is 0 Å². The van der Waals surface area contributed by atoms with Gasteiger partial charge in [0.15, 0.2) is 0 Å². The van der Waals surface area contributed by atoms with Crippen molar-refractivity contribution in [3.63, 3.8) is 0 Å². The second kappa shape index (κ2) is 8.59. The first-order valence-electron chi connectivity index (χ1n) is 8.95. The van der Waals surface area contributed by atoms with E-state index in [2.05, 4.69) is 11.8 Å². The fraction of sp³-hybridized carbons (Fsp3) is 0.273. The van der Waals surface area contributed by atoms with Crippen LogP contribution in [0.3, 0.4) is 0 Å². The molecule has 3 atom stereocenters. The summed E-state index contributed by atoms with van der Waals surface area (Å²) in [4.78, 5) is 26.6. The van der Waals surface area contributed by atoms with E-state index in [1.54, 1.807) is 38.3 Å². The van der Waals surface area contributed by atoms with Crippen molar-refractivity contribution in [1.29, 1.82) is 0 Å². The summed E-state index contributed by atoms with van der Waals surface area (Å²) >= 11 is 0. The van der Waals surface area contributed by atoms with Crippen molar-refractivity contribution in [3.8, 4) is 17.6 Å². The van der Waals surface area contributed by atoms with Crippen LogP contribution in [0.2, 0.25) is 0 Å². The summed E-state index contributed by atoms with van der Waals surface area (Å²) in [5, 5.41) is 10.5. The third-order valence-corrected chi connectivity index (χ3v) is 4.50. The highest BCUT2D eigenvalue weighted by Gasteiger charge is 2.52. The number of aliphatic hydroxyl groups is 1. The molecule has 1 aliphatic rings. The fourth-order valence-electron chi connectivity index (χ4n) is 3.13. The number of esters is 1. The highest BCUT2D eigenvalue weighted by Crippen LogP contribution is 2.33.